The fourth-order valence-corrected chi connectivity index (χ4v) is 9.31. The molecule has 0 saturated carbocycles. The minimum atomic E-state index is -1.03. The van der Waals surface area contributed by atoms with E-state index in [1.807, 2.05) is 0 Å². The Morgan fingerprint density at radius 1 is 0.867 bits per heavy atom. The number of hydrogen-bond acceptors (Lipinski definition) is 0. The molecular weight excluding hydrogens is 296 g/mol. The standard InChI is InChI=1S/C14H23Te/c1-12(2)10-15(11-13(3)4)14-8-6-5-7-9-14/h5-9,12-13H,10-11H2,1-4H3/q+1. The minimum absolute atomic E-state index is 0.862. The van der Waals surface area contributed by atoms with Crippen LogP contribution in [0.4, 0.5) is 0 Å². The van der Waals surface area contributed by atoms with Crippen molar-refractivity contribution in [2.75, 3.05) is 0 Å². The first-order chi connectivity index (χ1) is 7.09. The van der Waals surface area contributed by atoms with Gasteiger partial charge in [-0.2, -0.15) is 0 Å². The summed E-state index contributed by atoms with van der Waals surface area (Å²) in [5.74, 6) is 1.72. The van der Waals surface area contributed by atoms with Gasteiger partial charge >= 0.3 is 102 Å². The van der Waals surface area contributed by atoms with Crippen molar-refractivity contribution >= 4 is 23.2 Å². The molecule has 84 valence electrons. The third-order valence-corrected chi connectivity index (χ3v) is 10.9. The molecule has 1 aromatic rings. The zero-order valence-electron chi connectivity index (χ0n) is 10.4. The van der Waals surface area contributed by atoms with E-state index in [9.17, 15) is 0 Å². The molecule has 0 saturated heterocycles. The second-order valence-electron chi connectivity index (χ2n) is 4.93. The van der Waals surface area contributed by atoms with Crippen molar-refractivity contribution < 1.29 is 0 Å². The van der Waals surface area contributed by atoms with Crippen molar-refractivity contribution in [3.8, 4) is 0 Å². The molecule has 0 aliphatic rings. The van der Waals surface area contributed by atoms with E-state index in [1.54, 1.807) is 3.61 Å². The molecule has 0 spiro atoms. The topological polar surface area (TPSA) is 0 Å². The van der Waals surface area contributed by atoms with Gasteiger partial charge < -0.3 is 0 Å². The Morgan fingerprint density at radius 2 is 1.33 bits per heavy atom. The summed E-state index contributed by atoms with van der Waals surface area (Å²) >= 11 is -1.03. The van der Waals surface area contributed by atoms with Crippen molar-refractivity contribution in [1.82, 2.24) is 0 Å². The molecule has 0 N–H and O–H groups in total. The molecule has 0 atom stereocenters. The molecule has 0 bridgehead atoms. The van der Waals surface area contributed by atoms with Gasteiger partial charge in [-0.1, -0.05) is 0 Å². The van der Waals surface area contributed by atoms with Crippen LogP contribution in [0.15, 0.2) is 30.3 Å². The van der Waals surface area contributed by atoms with Crippen LogP contribution in [0.3, 0.4) is 0 Å². The van der Waals surface area contributed by atoms with Crippen LogP contribution in [0.1, 0.15) is 27.7 Å². The molecule has 0 amide bonds. The summed E-state index contributed by atoms with van der Waals surface area (Å²) < 4.78 is 4.64. The normalized spacial score (nSPS) is 11.7. The average molecular weight is 319 g/mol. The van der Waals surface area contributed by atoms with Gasteiger partial charge in [0.25, 0.3) is 0 Å². The second-order valence-corrected chi connectivity index (χ2v) is 11.0. The zero-order valence-corrected chi connectivity index (χ0v) is 12.7. The molecule has 0 unspecified atom stereocenters. The predicted molar refractivity (Wildman–Crippen MR) is 71.1 cm³/mol. The summed E-state index contributed by atoms with van der Waals surface area (Å²) in [4.78, 5) is 0. The second kappa shape index (κ2) is 6.56. The SMILES string of the molecule is CC(C)C[Te+](CC(C)C)c1ccccc1. The third kappa shape index (κ3) is 5.05. The van der Waals surface area contributed by atoms with Crippen LogP contribution in [0.2, 0.25) is 8.94 Å². The van der Waals surface area contributed by atoms with Crippen molar-refractivity contribution in [3.63, 3.8) is 0 Å². The van der Waals surface area contributed by atoms with Gasteiger partial charge in [0.05, 0.1) is 0 Å². The maximum atomic E-state index is 2.36. The summed E-state index contributed by atoms with van der Waals surface area (Å²) in [6.07, 6.45) is 0. The monoisotopic (exact) mass is 321 g/mol. The summed E-state index contributed by atoms with van der Waals surface area (Å²) in [5.41, 5.74) is 0. The van der Waals surface area contributed by atoms with Gasteiger partial charge in [0.2, 0.25) is 0 Å². The molecule has 0 nitrogen and oxygen atoms in total. The molecule has 0 aliphatic heterocycles. The van der Waals surface area contributed by atoms with Crippen LogP contribution in [0.5, 0.6) is 0 Å². The molecule has 0 fully saturated rings. The molecule has 0 aliphatic carbocycles. The fraction of sp³-hybridized carbons (Fsp3) is 0.571. The van der Waals surface area contributed by atoms with E-state index in [0.29, 0.717) is 0 Å². The van der Waals surface area contributed by atoms with Gasteiger partial charge in [-0.3, -0.25) is 0 Å². The number of hydrogen-bond donors (Lipinski definition) is 0. The molecule has 0 radical (unpaired) electrons. The molecule has 1 aromatic carbocycles. The van der Waals surface area contributed by atoms with E-state index in [0.717, 1.165) is 11.8 Å². The zero-order chi connectivity index (χ0) is 11.3. The summed E-state index contributed by atoms with van der Waals surface area (Å²) in [7, 11) is 0. The Balaban J connectivity index is 2.72. The van der Waals surface area contributed by atoms with E-state index >= 15 is 0 Å². The van der Waals surface area contributed by atoms with E-state index < -0.39 is 19.6 Å². The Bertz CT molecular complexity index is 254. The van der Waals surface area contributed by atoms with Crippen LogP contribution in [0, 0.1) is 11.8 Å². The van der Waals surface area contributed by atoms with Crippen molar-refractivity contribution in [1.29, 1.82) is 0 Å². The van der Waals surface area contributed by atoms with Crippen LogP contribution >= 0.6 is 0 Å². The Kier molecular flexibility index (Phi) is 5.72. The van der Waals surface area contributed by atoms with Crippen LogP contribution < -0.4 is 3.61 Å². The molecule has 15 heavy (non-hydrogen) atoms. The quantitative estimate of drug-likeness (QED) is 0.726. The van der Waals surface area contributed by atoms with Gasteiger partial charge in [0.1, 0.15) is 0 Å². The number of benzene rings is 1. The first kappa shape index (κ1) is 13.1. The van der Waals surface area contributed by atoms with Gasteiger partial charge in [-0.15, -0.1) is 0 Å². The van der Waals surface area contributed by atoms with Crippen LogP contribution in [-0.4, -0.2) is 19.6 Å². The fourth-order valence-electron chi connectivity index (χ4n) is 1.68. The van der Waals surface area contributed by atoms with Gasteiger partial charge in [-0.05, 0) is 0 Å². The van der Waals surface area contributed by atoms with Gasteiger partial charge in [0, 0.05) is 0 Å². The first-order valence-electron chi connectivity index (χ1n) is 5.82. The van der Waals surface area contributed by atoms with Crippen LogP contribution in [0.25, 0.3) is 0 Å². The molecule has 1 rings (SSSR count). The Hall–Kier alpha value is 0.00961. The van der Waals surface area contributed by atoms with Crippen LogP contribution in [-0.2, 0) is 0 Å². The van der Waals surface area contributed by atoms with Crippen molar-refractivity contribution in [3.05, 3.63) is 30.3 Å². The first-order valence-corrected chi connectivity index (χ1v) is 10.3. The van der Waals surface area contributed by atoms with Gasteiger partial charge in [-0.25, -0.2) is 0 Å². The Labute approximate surface area is 102 Å². The molecule has 1 heteroatoms. The van der Waals surface area contributed by atoms with E-state index in [4.69, 9.17) is 0 Å². The number of rotatable bonds is 5. The van der Waals surface area contributed by atoms with Crippen molar-refractivity contribution in [2.24, 2.45) is 11.8 Å². The van der Waals surface area contributed by atoms with Crippen molar-refractivity contribution in [2.45, 2.75) is 36.6 Å². The molecule has 0 aromatic heterocycles. The van der Waals surface area contributed by atoms with E-state index in [1.165, 1.54) is 8.94 Å². The maximum absolute atomic E-state index is 2.36. The summed E-state index contributed by atoms with van der Waals surface area (Å²) in [6, 6.07) is 11.2. The Morgan fingerprint density at radius 3 is 1.73 bits per heavy atom. The predicted octanol–water partition coefficient (Wildman–Crippen LogP) is 3.70. The van der Waals surface area contributed by atoms with Gasteiger partial charge in [0.15, 0.2) is 0 Å². The average Bonchev–Trinajstić information content (AvgIpc) is 2.17. The third-order valence-electron chi connectivity index (χ3n) is 2.15. The molecular formula is C14H23Te+. The summed E-state index contributed by atoms with van der Waals surface area (Å²) in [5, 5.41) is 0. The van der Waals surface area contributed by atoms with E-state index in [-0.39, 0.29) is 0 Å². The van der Waals surface area contributed by atoms with E-state index in [2.05, 4.69) is 58.0 Å². The summed E-state index contributed by atoms with van der Waals surface area (Å²) in [6.45, 7) is 9.43. The molecule has 0 heterocycles.